The summed E-state index contributed by atoms with van der Waals surface area (Å²) in [4.78, 5) is 28.4. The molecule has 3 heterocycles. The van der Waals surface area contributed by atoms with Gasteiger partial charge in [0.2, 0.25) is 11.8 Å². The largest absolute Gasteiger partial charge is 0.312 e. The van der Waals surface area contributed by atoms with E-state index in [1.807, 2.05) is 0 Å². The summed E-state index contributed by atoms with van der Waals surface area (Å²) in [6.45, 7) is 0. The molecule has 11 nitrogen and oxygen atoms in total. The number of amides is 2. The van der Waals surface area contributed by atoms with Gasteiger partial charge in [0.25, 0.3) is 0 Å². The van der Waals surface area contributed by atoms with Gasteiger partial charge in [-0.2, -0.15) is 0 Å². The maximum Gasteiger partial charge on any atom is 0.236 e. The zero-order chi connectivity index (χ0) is 19.9. The molecule has 28 heavy (non-hydrogen) atoms. The van der Waals surface area contributed by atoms with Gasteiger partial charge in [-0.15, -0.1) is 20.4 Å². The molecule has 2 amide bonds. The quantitative estimate of drug-likeness (QED) is 0.509. The summed E-state index contributed by atoms with van der Waals surface area (Å²) in [5, 5.41) is 22.0. The average molecular weight is 419 g/mol. The molecule has 0 aliphatic heterocycles. The number of nitrogens with zero attached hydrogens (tertiary/aromatic N) is 7. The topological polar surface area (TPSA) is 133 Å². The summed E-state index contributed by atoms with van der Waals surface area (Å²) in [5.41, 5.74) is 0. The molecule has 0 aliphatic rings. The number of carbonyl (C=O) groups excluding carboxylic acids is 2. The molecule has 3 rings (SSSR count). The minimum absolute atomic E-state index is 0.166. The van der Waals surface area contributed by atoms with E-state index < -0.39 is 0 Å². The van der Waals surface area contributed by atoms with Crippen molar-refractivity contribution in [2.24, 2.45) is 14.1 Å². The fraction of sp³-hybridized carbons (Fsp3) is 0.267. The minimum Gasteiger partial charge on any atom is -0.312 e. The molecule has 146 valence electrons. The first-order valence-corrected chi connectivity index (χ1v) is 9.99. The van der Waals surface area contributed by atoms with E-state index in [0.717, 1.165) is 0 Å². The molecule has 0 fully saturated rings. The van der Waals surface area contributed by atoms with E-state index in [-0.39, 0.29) is 23.3 Å². The van der Waals surface area contributed by atoms with Crippen LogP contribution in [0.5, 0.6) is 0 Å². The molecule has 0 radical (unpaired) electrons. The molecule has 0 bridgehead atoms. The number of thioether (sulfide) groups is 2. The second-order valence-electron chi connectivity index (χ2n) is 5.53. The zero-order valence-electron chi connectivity index (χ0n) is 15.1. The lowest BCUT2D eigenvalue weighted by atomic mass is 10.4. The first-order valence-electron chi connectivity index (χ1n) is 8.01. The summed E-state index contributed by atoms with van der Waals surface area (Å²) in [5.74, 6) is 0.562. The van der Waals surface area contributed by atoms with Gasteiger partial charge in [0.1, 0.15) is 24.3 Å². The summed E-state index contributed by atoms with van der Waals surface area (Å²) in [6, 6.07) is 4.99. The highest BCUT2D eigenvalue weighted by atomic mass is 32.2. The van der Waals surface area contributed by atoms with Crippen LogP contribution in [0.25, 0.3) is 0 Å². The average Bonchev–Trinajstić information content (AvgIpc) is 3.26. The lowest BCUT2D eigenvalue weighted by Crippen LogP contribution is -2.18. The number of pyridine rings is 1. The van der Waals surface area contributed by atoms with Crippen LogP contribution in [0, 0.1) is 0 Å². The van der Waals surface area contributed by atoms with Gasteiger partial charge in [-0.3, -0.25) is 9.59 Å². The predicted octanol–water partition coefficient (Wildman–Crippen LogP) is 0.800. The van der Waals surface area contributed by atoms with Crippen molar-refractivity contribution in [3.8, 4) is 0 Å². The lowest BCUT2D eigenvalue weighted by molar-refractivity contribution is -0.114. The van der Waals surface area contributed by atoms with E-state index >= 15 is 0 Å². The van der Waals surface area contributed by atoms with Crippen LogP contribution >= 0.6 is 23.5 Å². The number of nitrogens with one attached hydrogen (secondary N) is 2. The van der Waals surface area contributed by atoms with Gasteiger partial charge in [-0.25, -0.2) is 4.98 Å². The Morgan fingerprint density at radius 1 is 0.893 bits per heavy atom. The number of hydrogen-bond acceptors (Lipinski definition) is 9. The first kappa shape index (κ1) is 19.8. The fourth-order valence-electron chi connectivity index (χ4n) is 2.00. The van der Waals surface area contributed by atoms with Gasteiger partial charge in [-0.1, -0.05) is 29.6 Å². The standard InChI is InChI=1S/C15H17N9O2S2/c1-23-8-16-21-14(23)27-6-12(25)19-10-4-3-5-11(18-10)20-13(26)7-28-15-22-17-9-24(15)2/h3-5,8-9H,6-7H2,1-2H3,(H2,18,19,20,25,26). The van der Waals surface area contributed by atoms with Crippen molar-refractivity contribution in [2.45, 2.75) is 10.3 Å². The second-order valence-corrected chi connectivity index (χ2v) is 7.42. The third-order valence-corrected chi connectivity index (χ3v) is 5.36. The molecule has 0 saturated carbocycles. The highest BCUT2D eigenvalue weighted by molar-refractivity contribution is 8.00. The number of aromatic nitrogens is 7. The number of aryl methyl sites for hydroxylation is 2. The molecule has 0 atom stereocenters. The van der Waals surface area contributed by atoms with E-state index in [9.17, 15) is 9.59 Å². The molecule has 0 spiro atoms. The molecular weight excluding hydrogens is 402 g/mol. The predicted molar refractivity (Wildman–Crippen MR) is 105 cm³/mol. The Labute approximate surface area is 168 Å². The Balaban J connectivity index is 1.49. The van der Waals surface area contributed by atoms with Crippen molar-refractivity contribution in [3.63, 3.8) is 0 Å². The number of carbonyl (C=O) groups is 2. The van der Waals surface area contributed by atoms with Gasteiger partial charge >= 0.3 is 0 Å². The summed E-state index contributed by atoms with van der Waals surface area (Å²) < 4.78 is 3.46. The van der Waals surface area contributed by atoms with Gasteiger partial charge in [0.05, 0.1) is 11.5 Å². The van der Waals surface area contributed by atoms with Crippen LogP contribution in [-0.2, 0) is 23.7 Å². The van der Waals surface area contributed by atoms with Crippen LogP contribution in [-0.4, -0.2) is 57.8 Å². The normalized spacial score (nSPS) is 10.6. The monoisotopic (exact) mass is 419 g/mol. The molecule has 0 aliphatic carbocycles. The van der Waals surface area contributed by atoms with Crippen molar-refractivity contribution >= 4 is 47.0 Å². The third-order valence-electron chi connectivity index (χ3n) is 3.29. The molecule has 3 aromatic rings. The van der Waals surface area contributed by atoms with Gasteiger partial charge < -0.3 is 19.8 Å². The van der Waals surface area contributed by atoms with E-state index in [0.29, 0.717) is 21.9 Å². The van der Waals surface area contributed by atoms with Crippen LogP contribution in [0.4, 0.5) is 11.6 Å². The zero-order valence-corrected chi connectivity index (χ0v) is 16.7. The lowest BCUT2D eigenvalue weighted by Gasteiger charge is -2.07. The van der Waals surface area contributed by atoms with Crippen molar-refractivity contribution in [3.05, 3.63) is 30.9 Å². The minimum atomic E-state index is -0.234. The van der Waals surface area contributed by atoms with Crippen molar-refractivity contribution < 1.29 is 9.59 Å². The van der Waals surface area contributed by atoms with Crippen molar-refractivity contribution in [2.75, 3.05) is 22.1 Å². The maximum absolute atomic E-state index is 12.1. The van der Waals surface area contributed by atoms with Gasteiger partial charge in [0, 0.05) is 14.1 Å². The highest BCUT2D eigenvalue weighted by Crippen LogP contribution is 2.16. The summed E-state index contributed by atoms with van der Waals surface area (Å²) in [7, 11) is 3.60. The van der Waals surface area contributed by atoms with E-state index in [2.05, 4.69) is 36.0 Å². The van der Waals surface area contributed by atoms with Crippen molar-refractivity contribution in [1.29, 1.82) is 0 Å². The van der Waals surface area contributed by atoms with Crippen LogP contribution in [0.2, 0.25) is 0 Å². The van der Waals surface area contributed by atoms with Crippen LogP contribution in [0.1, 0.15) is 0 Å². The maximum atomic E-state index is 12.1. The van der Waals surface area contributed by atoms with Crippen LogP contribution in [0.15, 0.2) is 41.2 Å². The van der Waals surface area contributed by atoms with E-state index in [1.165, 1.54) is 23.5 Å². The number of anilines is 2. The second kappa shape index (κ2) is 9.32. The van der Waals surface area contributed by atoms with E-state index in [1.54, 1.807) is 54.1 Å². The van der Waals surface area contributed by atoms with Crippen LogP contribution < -0.4 is 10.6 Å². The fourth-order valence-corrected chi connectivity index (χ4v) is 3.37. The Hall–Kier alpha value is -2.93. The molecule has 0 unspecified atom stereocenters. The number of hydrogen-bond donors (Lipinski definition) is 2. The number of rotatable bonds is 8. The first-order chi connectivity index (χ1) is 13.5. The van der Waals surface area contributed by atoms with Crippen LogP contribution in [0.3, 0.4) is 0 Å². The Morgan fingerprint density at radius 2 is 1.36 bits per heavy atom. The van der Waals surface area contributed by atoms with Crippen molar-refractivity contribution in [1.82, 2.24) is 34.5 Å². The molecule has 2 N–H and O–H groups in total. The van der Waals surface area contributed by atoms with Gasteiger partial charge in [0.15, 0.2) is 10.3 Å². The molecule has 0 saturated heterocycles. The Morgan fingerprint density at radius 3 is 1.75 bits per heavy atom. The SMILES string of the molecule is Cn1cnnc1SCC(=O)Nc1cccc(NC(=O)CSc2nncn2C)n1. The molecule has 13 heteroatoms. The molecule has 3 aromatic heterocycles. The molecule has 0 aromatic carbocycles. The highest BCUT2D eigenvalue weighted by Gasteiger charge is 2.10. The smallest absolute Gasteiger partial charge is 0.236 e. The summed E-state index contributed by atoms with van der Waals surface area (Å²) >= 11 is 2.53. The van der Waals surface area contributed by atoms with E-state index in [4.69, 9.17) is 0 Å². The molecular formula is C15H17N9O2S2. The van der Waals surface area contributed by atoms with Gasteiger partial charge in [-0.05, 0) is 12.1 Å². The summed E-state index contributed by atoms with van der Waals surface area (Å²) in [6.07, 6.45) is 3.13. The Bertz CT molecular complexity index is 898. The third kappa shape index (κ3) is 5.53. The Kier molecular flexibility index (Phi) is 6.60.